The van der Waals surface area contributed by atoms with Gasteiger partial charge in [0.15, 0.2) is 11.5 Å². The summed E-state index contributed by atoms with van der Waals surface area (Å²) in [5, 5.41) is 10.9. The molecule has 2 rings (SSSR count). The Bertz CT molecular complexity index is 801. The number of benzene rings is 1. The Kier molecular flexibility index (Phi) is 6.27. The van der Waals surface area contributed by atoms with E-state index in [9.17, 15) is 9.59 Å². The van der Waals surface area contributed by atoms with Gasteiger partial charge in [0.2, 0.25) is 5.91 Å². The van der Waals surface area contributed by atoms with Crippen molar-refractivity contribution in [2.45, 2.75) is 46.6 Å². The van der Waals surface area contributed by atoms with Crippen LogP contribution in [0.15, 0.2) is 23.0 Å². The first kappa shape index (κ1) is 18.6. The van der Waals surface area contributed by atoms with Crippen LogP contribution in [0.4, 0.5) is 0 Å². The standard InChI is InChI=1S/C18H24N4O3/c1-5-7-15(23)19-12(4)16-18(24)20-17(22-21-16)13-10-11(3)8-9-14(13)25-6-2/h8-10,12H,5-7H2,1-4H3,(H,19,23)(H,20,22,24). The maximum Gasteiger partial charge on any atom is 0.275 e. The predicted octanol–water partition coefficient (Wildman–Crippen LogP) is 2.52. The SMILES string of the molecule is CCCC(=O)NC(C)c1nnc(-c2cc(C)ccc2OCC)[nH]c1=O. The van der Waals surface area contributed by atoms with E-state index in [-0.39, 0.29) is 17.2 Å². The lowest BCUT2D eigenvalue weighted by atomic mass is 10.1. The largest absolute Gasteiger partial charge is 0.493 e. The second-order valence-corrected chi connectivity index (χ2v) is 5.86. The molecule has 0 bridgehead atoms. The van der Waals surface area contributed by atoms with Gasteiger partial charge in [-0.05, 0) is 39.3 Å². The Balaban J connectivity index is 2.32. The van der Waals surface area contributed by atoms with E-state index in [1.54, 1.807) is 6.92 Å². The van der Waals surface area contributed by atoms with Gasteiger partial charge in [-0.1, -0.05) is 18.6 Å². The molecule has 0 aliphatic rings. The number of ether oxygens (including phenoxy) is 1. The molecule has 25 heavy (non-hydrogen) atoms. The minimum absolute atomic E-state index is 0.113. The molecule has 1 unspecified atom stereocenters. The van der Waals surface area contributed by atoms with Crippen molar-refractivity contribution < 1.29 is 9.53 Å². The number of rotatable bonds is 7. The fraction of sp³-hybridized carbons (Fsp3) is 0.444. The lowest BCUT2D eigenvalue weighted by Crippen LogP contribution is -2.32. The molecule has 1 aromatic heterocycles. The highest BCUT2D eigenvalue weighted by molar-refractivity contribution is 5.76. The van der Waals surface area contributed by atoms with Crippen LogP contribution in [0.2, 0.25) is 0 Å². The number of hydrogen-bond donors (Lipinski definition) is 2. The Morgan fingerprint density at radius 3 is 2.72 bits per heavy atom. The predicted molar refractivity (Wildman–Crippen MR) is 95.5 cm³/mol. The first-order chi connectivity index (χ1) is 12.0. The summed E-state index contributed by atoms with van der Waals surface area (Å²) < 4.78 is 5.60. The van der Waals surface area contributed by atoms with Gasteiger partial charge in [0, 0.05) is 6.42 Å². The number of nitrogens with zero attached hydrogens (tertiary/aromatic N) is 2. The Morgan fingerprint density at radius 2 is 2.08 bits per heavy atom. The molecule has 2 N–H and O–H groups in total. The summed E-state index contributed by atoms with van der Waals surface area (Å²) in [4.78, 5) is 26.8. The number of carbonyl (C=O) groups is 1. The topological polar surface area (TPSA) is 97.0 Å². The van der Waals surface area contributed by atoms with Crippen LogP contribution in [0, 0.1) is 6.92 Å². The number of nitrogens with one attached hydrogen (secondary N) is 2. The molecule has 0 aliphatic carbocycles. The summed E-state index contributed by atoms with van der Waals surface area (Å²) in [6.45, 7) is 7.98. The zero-order valence-electron chi connectivity index (χ0n) is 15.0. The third-order valence-electron chi connectivity index (χ3n) is 3.68. The van der Waals surface area contributed by atoms with Crippen molar-refractivity contribution >= 4 is 5.91 Å². The molecular formula is C18H24N4O3. The van der Waals surface area contributed by atoms with Crippen molar-refractivity contribution in [2.24, 2.45) is 0 Å². The quantitative estimate of drug-likeness (QED) is 0.804. The zero-order chi connectivity index (χ0) is 18.4. The molecule has 7 heteroatoms. The molecular weight excluding hydrogens is 320 g/mol. The third kappa shape index (κ3) is 4.65. The average molecular weight is 344 g/mol. The van der Waals surface area contributed by atoms with Crippen molar-refractivity contribution in [3.63, 3.8) is 0 Å². The summed E-state index contributed by atoms with van der Waals surface area (Å²) in [5.41, 5.74) is 1.50. The number of aromatic amines is 1. The maximum absolute atomic E-state index is 12.4. The van der Waals surface area contributed by atoms with Crippen LogP contribution in [0.25, 0.3) is 11.4 Å². The van der Waals surface area contributed by atoms with E-state index in [1.165, 1.54) is 0 Å². The van der Waals surface area contributed by atoms with E-state index in [2.05, 4.69) is 20.5 Å². The van der Waals surface area contributed by atoms with Crippen LogP contribution in [0.3, 0.4) is 0 Å². The van der Waals surface area contributed by atoms with Gasteiger partial charge in [-0.15, -0.1) is 10.2 Å². The van der Waals surface area contributed by atoms with Crippen molar-refractivity contribution in [2.75, 3.05) is 6.61 Å². The van der Waals surface area contributed by atoms with E-state index in [0.29, 0.717) is 30.2 Å². The molecule has 0 fully saturated rings. The molecule has 134 valence electrons. The van der Waals surface area contributed by atoms with E-state index < -0.39 is 6.04 Å². The van der Waals surface area contributed by atoms with Crippen LogP contribution in [-0.4, -0.2) is 27.7 Å². The molecule has 0 spiro atoms. The van der Waals surface area contributed by atoms with Crippen LogP contribution >= 0.6 is 0 Å². The van der Waals surface area contributed by atoms with Gasteiger partial charge in [-0.3, -0.25) is 9.59 Å². The molecule has 1 aromatic carbocycles. The minimum atomic E-state index is -0.506. The summed E-state index contributed by atoms with van der Waals surface area (Å²) in [6, 6.07) is 5.15. The smallest absolute Gasteiger partial charge is 0.275 e. The lowest BCUT2D eigenvalue weighted by Gasteiger charge is -2.13. The van der Waals surface area contributed by atoms with Gasteiger partial charge in [0.25, 0.3) is 5.56 Å². The van der Waals surface area contributed by atoms with Crippen LogP contribution in [0.5, 0.6) is 5.75 Å². The van der Waals surface area contributed by atoms with E-state index >= 15 is 0 Å². The van der Waals surface area contributed by atoms with Crippen LogP contribution < -0.4 is 15.6 Å². The highest BCUT2D eigenvalue weighted by atomic mass is 16.5. The Morgan fingerprint density at radius 1 is 1.32 bits per heavy atom. The summed E-state index contributed by atoms with van der Waals surface area (Å²) in [7, 11) is 0. The number of amides is 1. The monoisotopic (exact) mass is 344 g/mol. The van der Waals surface area contributed by atoms with Crippen molar-refractivity contribution in [1.82, 2.24) is 20.5 Å². The molecule has 1 amide bonds. The molecule has 7 nitrogen and oxygen atoms in total. The van der Waals surface area contributed by atoms with Crippen molar-refractivity contribution in [3.8, 4) is 17.1 Å². The maximum atomic E-state index is 12.4. The number of aromatic nitrogens is 3. The molecule has 0 saturated carbocycles. The van der Waals surface area contributed by atoms with Gasteiger partial charge >= 0.3 is 0 Å². The number of aryl methyl sites for hydroxylation is 1. The van der Waals surface area contributed by atoms with Crippen molar-refractivity contribution in [1.29, 1.82) is 0 Å². The van der Waals surface area contributed by atoms with Crippen LogP contribution in [-0.2, 0) is 4.79 Å². The number of H-pyrrole nitrogens is 1. The first-order valence-electron chi connectivity index (χ1n) is 8.46. The normalized spacial score (nSPS) is 11.8. The Labute approximate surface area is 146 Å². The minimum Gasteiger partial charge on any atom is -0.493 e. The van der Waals surface area contributed by atoms with Gasteiger partial charge in [0.05, 0.1) is 18.2 Å². The summed E-state index contributed by atoms with van der Waals surface area (Å²) >= 11 is 0. The second kappa shape index (κ2) is 8.41. The summed E-state index contributed by atoms with van der Waals surface area (Å²) in [5.74, 6) is 0.862. The molecule has 0 aliphatic heterocycles. The lowest BCUT2D eigenvalue weighted by molar-refractivity contribution is -0.121. The second-order valence-electron chi connectivity index (χ2n) is 5.86. The van der Waals surface area contributed by atoms with Gasteiger partial charge in [0.1, 0.15) is 5.75 Å². The van der Waals surface area contributed by atoms with Gasteiger partial charge < -0.3 is 15.0 Å². The summed E-state index contributed by atoms with van der Waals surface area (Å²) in [6.07, 6.45) is 1.15. The molecule has 2 aromatic rings. The van der Waals surface area contributed by atoms with E-state index in [1.807, 2.05) is 39.0 Å². The van der Waals surface area contributed by atoms with E-state index in [0.717, 1.165) is 12.0 Å². The average Bonchev–Trinajstić information content (AvgIpc) is 2.56. The molecule has 1 heterocycles. The zero-order valence-corrected chi connectivity index (χ0v) is 15.0. The van der Waals surface area contributed by atoms with Crippen LogP contribution in [0.1, 0.15) is 50.9 Å². The highest BCUT2D eigenvalue weighted by Crippen LogP contribution is 2.27. The first-order valence-corrected chi connectivity index (χ1v) is 8.46. The van der Waals surface area contributed by atoms with Crippen molar-refractivity contribution in [3.05, 3.63) is 39.8 Å². The highest BCUT2D eigenvalue weighted by Gasteiger charge is 2.17. The number of hydrogen-bond acceptors (Lipinski definition) is 5. The molecule has 1 atom stereocenters. The van der Waals surface area contributed by atoms with Gasteiger partial charge in [-0.2, -0.15) is 0 Å². The Hall–Kier alpha value is -2.70. The van der Waals surface area contributed by atoms with E-state index in [4.69, 9.17) is 4.74 Å². The fourth-order valence-electron chi connectivity index (χ4n) is 2.47. The molecule has 0 radical (unpaired) electrons. The fourth-order valence-corrected chi connectivity index (χ4v) is 2.47. The third-order valence-corrected chi connectivity index (χ3v) is 3.68. The van der Waals surface area contributed by atoms with Gasteiger partial charge in [-0.25, -0.2) is 0 Å². The molecule has 0 saturated heterocycles. The number of carbonyl (C=O) groups excluding carboxylic acids is 1.